The lowest BCUT2D eigenvalue weighted by Crippen LogP contribution is -2.59. The van der Waals surface area contributed by atoms with Crippen molar-refractivity contribution in [2.45, 2.75) is 30.1 Å². The standard InChI is InChI=1S/C26H15F12IN2O2/c1-41(21(43)13-6-3-2-4-7-13)16-9-5-8-14(10-16)20(42)40-19-17(23(28,29)30)11-15(12-18(19)39)22(27,25(33,34)35)24(31,32)26(36,37)38/h2-12H,1H3,(H,40,42). The number of nitrogens with zero attached hydrogens (tertiary/aromatic N) is 1. The minimum atomic E-state index is -7.21. The molecule has 43 heavy (non-hydrogen) atoms. The second-order valence-corrected chi connectivity index (χ2v) is 10.0. The van der Waals surface area contributed by atoms with Crippen LogP contribution >= 0.6 is 22.6 Å². The third-order valence-corrected chi connectivity index (χ3v) is 6.88. The molecule has 0 spiro atoms. The van der Waals surface area contributed by atoms with Crippen molar-refractivity contribution in [3.8, 4) is 0 Å². The maximum absolute atomic E-state index is 14.9. The summed E-state index contributed by atoms with van der Waals surface area (Å²) in [6.07, 6.45) is -20.0. The number of alkyl halides is 12. The van der Waals surface area contributed by atoms with E-state index in [9.17, 15) is 62.3 Å². The number of carbonyl (C=O) groups is 2. The van der Waals surface area contributed by atoms with Crippen molar-refractivity contribution < 1.29 is 62.3 Å². The summed E-state index contributed by atoms with van der Waals surface area (Å²) in [6.45, 7) is 0. The van der Waals surface area contributed by atoms with Crippen molar-refractivity contribution in [2.75, 3.05) is 17.3 Å². The van der Waals surface area contributed by atoms with Crippen molar-refractivity contribution in [1.82, 2.24) is 0 Å². The first kappa shape index (κ1) is 34.0. The lowest BCUT2D eigenvalue weighted by molar-refractivity contribution is -0.389. The zero-order chi connectivity index (χ0) is 32.8. The van der Waals surface area contributed by atoms with Gasteiger partial charge in [0.25, 0.3) is 11.8 Å². The number of hydrogen-bond donors (Lipinski definition) is 1. The maximum Gasteiger partial charge on any atom is 0.457 e. The summed E-state index contributed by atoms with van der Waals surface area (Å²) in [4.78, 5) is 26.7. The lowest BCUT2D eigenvalue weighted by Gasteiger charge is -2.36. The first-order chi connectivity index (χ1) is 19.5. The number of halogens is 13. The molecule has 0 bridgehead atoms. The van der Waals surface area contributed by atoms with Crippen molar-refractivity contribution in [1.29, 1.82) is 0 Å². The van der Waals surface area contributed by atoms with Crippen LogP contribution in [0.25, 0.3) is 0 Å². The van der Waals surface area contributed by atoms with Gasteiger partial charge in [-0.2, -0.15) is 48.3 Å². The van der Waals surface area contributed by atoms with Gasteiger partial charge in [-0.25, -0.2) is 4.39 Å². The molecule has 3 aromatic carbocycles. The van der Waals surface area contributed by atoms with Crippen LogP contribution in [0.4, 0.5) is 64.1 Å². The molecule has 232 valence electrons. The van der Waals surface area contributed by atoms with Crippen LogP contribution in [0.1, 0.15) is 31.8 Å². The van der Waals surface area contributed by atoms with Crippen molar-refractivity contribution in [2.24, 2.45) is 0 Å². The molecule has 1 N–H and O–H groups in total. The molecule has 3 rings (SSSR count). The Labute approximate surface area is 247 Å². The van der Waals surface area contributed by atoms with E-state index in [0.29, 0.717) is 0 Å². The molecule has 0 saturated heterocycles. The van der Waals surface area contributed by atoms with E-state index >= 15 is 0 Å². The van der Waals surface area contributed by atoms with Crippen LogP contribution in [-0.4, -0.2) is 37.1 Å². The lowest BCUT2D eigenvalue weighted by atomic mass is 9.86. The molecule has 1 unspecified atom stereocenters. The van der Waals surface area contributed by atoms with Gasteiger partial charge in [0, 0.05) is 33.0 Å². The van der Waals surface area contributed by atoms with Gasteiger partial charge in [-0.05, 0) is 65.1 Å². The van der Waals surface area contributed by atoms with E-state index in [2.05, 4.69) is 0 Å². The summed E-state index contributed by atoms with van der Waals surface area (Å²) in [7, 11) is 1.32. The molecule has 4 nitrogen and oxygen atoms in total. The molecule has 17 heteroatoms. The fourth-order valence-corrected chi connectivity index (χ4v) is 4.57. The molecule has 0 aromatic heterocycles. The molecule has 0 saturated carbocycles. The third kappa shape index (κ3) is 6.40. The van der Waals surface area contributed by atoms with Crippen LogP contribution in [0.3, 0.4) is 0 Å². The van der Waals surface area contributed by atoms with E-state index < -0.39 is 73.9 Å². The monoisotopic (exact) mass is 742 g/mol. The zero-order valence-electron chi connectivity index (χ0n) is 21.0. The first-order valence-electron chi connectivity index (χ1n) is 11.4. The molecule has 0 fully saturated rings. The minimum absolute atomic E-state index is 0.0735. The van der Waals surface area contributed by atoms with Crippen molar-refractivity contribution in [3.05, 3.63) is 92.6 Å². The second kappa shape index (κ2) is 11.5. The van der Waals surface area contributed by atoms with Gasteiger partial charge >= 0.3 is 30.1 Å². The number of carbonyl (C=O) groups excluding carboxylic acids is 2. The maximum atomic E-state index is 14.9. The molecular formula is C26H15F12IN2O2. The molecular weight excluding hydrogens is 727 g/mol. The number of rotatable bonds is 6. The Hall–Kier alpha value is -3.51. The Morgan fingerprint density at radius 2 is 1.28 bits per heavy atom. The number of amides is 2. The van der Waals surface area contributed by atoms with Crippen LogP contribution in [0.15, 0.2) is 66.7 Å². The normalized spacial score (nSPS) is 14.2. The number of hydrogen-bond acceptors (Lipinski definition) is 2. The summed E-state index contributed by atoms with van der Waals surface area (Å²) in [5.74, 6) is -9.10. The predicted octanol–water partition coefficient (Wildman–Crippen LogP) is 8.76. The summed E-state index contributed by atoms with van der Waals surface area (Å²) in [5, 5.41) is 1.73. The van der Waals surface area contributed by atoms with Gasteiger partial charge in [0.1, 0.15) is 0 Å². The molecule has 0 aliphatic carbocycles. The SMILES string of the molecule is CN(C(=O)c1ccccc1)c1cccc(C(=O)Nc2c(I)cc(C(F)(C(F)(F)F)C(F)(F)C(F)(F)F)cc2C(F)(F)F)c1. The van der Waals surface area contributed by atoms with Crippen molar-refractivity contribution in [3.63, 3.8) is 0 Å². The van der Waals surface area contributed by atoms with Gasteiger partial charge < -0.3 is 10.2 Å². The quantitative estimate of drug-likeness (QED) is 0.203. The highest BCUT2D eigenvalue weighted by atomic mass is 127. The summed E-state index contributed by atoms with van der Waals surface area (Å²) in [5.41, 5.74) is -13.1. The van der Waals surface area contributed by atoms with E-state index in [1.807, 2.05) is 0 Å². The van der Waals surface area contributed by atoms with Crippen LogP contribution in [-0.2, 0) is 11.8 Å². The number of anilines is 2. The van der Waals surface area contributed by atoms with Gasteiger partial charge in [0.15, 0.2) is 0 Å². The van der Waals surface area contributed by atoms with E-state index in [4.69, 9.17) is 0 Å². The highest BCUT2D eigenvalue weighted by Gasteiger charge is 2.82. The highest BCUT2D eigenvalue weighted by Crippen LogP contribution is 2.59. The van der Waals surface area contributed by atoms with Gasteiger partial charge in [0.2, 0.25) is 0 Å². The topological polar surface area (TPSA) is 49.4 Å². The molecule has 0 aliphatic heterocycles. The van der Waals surface area contributed by atoms with Crippen LogP contribution < -0.4 is 10.2 Å². The van der Waals surface area contributed by atoms with Crippen LogP contribution in [0.2, 0.25) is 0 Å². The van der Waals surface area contributed by atoms with Gasteiger partial charge in [-0.1, -0.05) is 24.3 Å². The fourth-order valence-electron chi connectivity index (χ4n) is 3.81. The largest absolute Gasteiger partial charge is 0.457 e. The summed E-state index contributed by atoms with van der Waals surface area (Å²) in [6, 6.07) is 11.3. The molecule has 1 atom stereocenters. The second-order valence-electron chi connectivity index (χ2n) is 8.84. The fraction of sp³-hybridized carbons (Fsp3) is 0.231. The molecule has 3 aromatic rings. The van der Waals surface area contributed by atoms with Crippen LogP contribution in [0, 0.1) is 3.57 Å². The smallest absolute Gasteiger partial charge is 0.320 e. The molecule has 2 amide bonds. The van der Waals surface area contributed by atoms with Gasteiger partial charge in [0.05, 0.1) is 11.3 Å². The van der Waals surface area contributed by atoms with Crippen LogP contribution in [0.5, 0.6) is 0 Å². The molecule has 0 heterocycles. The van der Waals surface area contributed by atoms with Gasteiger partial charge in [-0.15, -0.1) is 0 Å². The van der Waals surface area contributed by atoms with E-state index in [1.54, 1.807) is 23.5 Å². The zero-order valence-corrected chi connectivity index (χ0v) is 23.2. The number of benzene rings is 3. The van der Waals surface area contributed by atoms with E-state index in [1.165, 1.54) is 31.3 Å². The summed E-state index contributed by atoms with van der Waals surface area (Å²) >= 11 is 0.826. The Morgan fingerprint density at radius 3 is 1.79 bits per heavy atom. The van der Waals surface area contributed by atoms with E-state index in [0.717, 1.165) is 39.6 Å². The number of nitrogens with one attached hydrogen (secondary N) is 1. The predicted molar refractivity (Wildman–Crippen MR) is 138 cm³/mol. The van der Waals surface area contributed by atoms with Gasteiger partial charge in [-0.3, -0.25) is 9.59 Å². The Balaban J connectivity index is 2.08. The average Bonchev–Trinajstić information content (AvgIpc) is 2.91. The Morgan fingerprint density at radius 1 is 0.721 bits per heavy atom. The summed E-state index contributed by atoms with van der Waals surface area (Å²) < 4.78 is 162. The molecule has 0 radical (unpaired) electrons. The minimum Gasteiger partial charge on any atom is -0.320 e. The average molecular weight is 742 g/mol. The highest BCUT2D eigenvalue weighted by molar-refractivity contribution is 14.1. The van der Waals surface area contributed by atoms with E-state index in [-0.39, 0.29) is 17.3 Å². The molecule has 0 aliphatic rings. The van der Waals surface area contributed by atoms with Crippen molar-refractivity contribution >= 4 is 45.8 Å². The Kier molecular flexibility index (Phi) is 9.11. The third-order valence-electron chi connectivity index (χ3n) is 6.03. The first-order valence-corrected chi connectivity index (χ1v) is 12.5. The Bertz CT molecular complexity index is 1520.